The molecule has 0 saturated carbocycles. The first-order chi connectivity index (χ1) is 9.29. The fourth-order valence-electron chi connectivity index (χ4n) is 2.63. The van der Waals surface area contributed by atoms with Gasteiger partial charge in [0.25, 0.3) is 0 Å². The average Bonchev–Trinajstić information content (AvgIpc) is 2.95. The van der Waals surface area contributed by atoms with Gasteiger partial charge in [0, 0.05) is 12.2 Å². The van der Waals surface area contributed by atoms with Crippen LogP contribution in [0, 0.1) is 0 Å². The molecule has 0 aromatic carbocycles. The Morgan fingerprint density at radius 3 is 3.21 bits per heavy atom. The number of aryl methyl sites for hydroxylation is 1. The van der Waals surface area contributed by atoms with Crippen LogP contribution in [0.3, 0.4) is 0 Å². The van der Waals surface area contributed by atoms with Crippen LogP contribution in [0.2, 0.25) is 0 Å². The number of hydrogen-bond donors (Lipinski definition) is 1. The lowest BCUT2D eigenvalue weighted by molar-refractivity contribution is 0.430. The third kappa shape index (κ3) is 2.26. The van der Waals surface area contributed by atoms with Crippen molar-refractivity contribution < 1.29 is 0 Å². The fourth-order valence-corrected chi connectivity index (χ4v) is 2.63. The molecule has 2 aromatic heterocycles. The highest BCUT2D eigenvalue weighted by Crippen LogP contribution is 2.30. The van der Waals surface area contributed by atoms with Crippen molar-refractivity contribution in [3.63, 3.8) is 0 Å². The van der Waals surface area contributed by atoms with E-state index in [1.54, 1.807) is 0 Å². The maximum atomic E-state index is 4.55. The van der Waals surface area contributed by atoms with Gasteiger partial charge in [-0.15, -0.1) is 5.10 Å². The molecule has 2 aromatic rings. The minimum absolute atomic E-state index is 0.223. The van der Waals surface area contributed by atoms with Gasteiger partial charge in [0.2, 0.25) is 0 Å². The lowest BCUT2D eigenvalue weighted by atomic mass is 9.92. The number of hydrogen-bond acceptors (Lipinski definition) is 4. The van der Waals surface area contributed by atoms with Crippen LogP contribution < -0.4 is 5.32 Å². The van der Waals surface area contributed by atoms with Crippen molar-refractivity contribution in [1.29, 1.82) is 0 Å². The van der Waals surface area contributed by atoms with E-state index in [0.29, 0.717) is 0 Å². The molecule has 0 amide bonds. The summed E-state index contributed by atoms with van der Waals surface area (Å²) in [7, 11) is 1.93. The first kappa shape index (κ1) is 12.3. The number of rotatable bonds is 3. The smallest absolute Gasteiger partial charge is 0.0993 e. The van der Waals surface area contributed by atoms with Gasteiger partial charge in [0.15, 0.2) is 0 Å². The molecule has 0 bridgehead atoms. The summed E-state index contributed by atoms with van der Waals surface area (Å²) in [6.07, 6.45) is 7.29. The van der Waals surface area contributed by atoms with E-state index >= 15 is 0 Å². The van der Waals surface area contributed by atoms with Gasteiger partial charge in [0.05, 0.1) is 23.6 Å². The maximum absolute atomic E-state index is 4.55. The highest BCUT2D eigenvalue weighted by molar-refractivity contribution is 5.26. The number of nitrogens with zero attached hydrogens (tertiary/aromatic N) is 4. The van der Waals surface area contributed by atoms with Gasteiger partial charge < -0.3 is 5.32 Å². The standard InChI is InChI=1S/C14H19N5/c1-10(15-2)12-9-19(18-17-12)13-7-3-5-11-6-4-8-16-14(11)13/h4,6,8-10,13,15H,3,5,7H2,1-2H3/t10?,13-/m0/s1. The van der Waals surface area contributed by atoms with E-state index in [0.717, 1.165) is 24.2 Å². The molecule has 19 heavy (non-hydrogen) atoms. The summed E-state index contributed by atoms with van der Waals surface area (Å²) in [4.78, 5) is 4.55. The number of fused-ring (bicyclic) bond motifs is 1. The molecule has 0 spiro atoms. The topological polar surface area (TPSA) is 55.6 Å². The Hall–Kier alpha value is -1.75. The third-order valence-electron chi connectivity index (χ3n) is 3.89. The van der Waals surface area contributed by atoms with Gasteiger partial charge >= 0.3 is 0 Å². The van der Waals surface area contributed by atoms with Crippen molar-refractivity contribution >= 4 is 0 Å². The molecule has 5 heteroatoms. The SMILES string of the molecule is CNC(C)c1cn([C@H]2CCCc3cccnc32)nn1. The van der Waals surface area contributed by atoms with Crippen LogP contribution in [0.1, 0.15) is 48.8 Å². The molecular weight excluding hydrogens is 238 g/mol. The summed E-state index contributed by atoms with van der Waals surface area (Å²) in [5.74, 6) is 0. The number of pyridine rings is 1. The highest BCUT2D eigenvalue weighted by atomic mass is 15.4. The molecule has 3 rings (SSSR count). The second-order valence-corrected chi connectivity index (χ2v) is 5.09. The summed E-state index contributed by atoms with van der Waals surface area (Å²) in [6, 6.07) is 4.63. The Morgan fingerprint density at radius 1 is 1.47 bits per heavy atom. The van der Waals surface area contributed by atoms with Gasteiger partial charge in [-0.25, -0.2) is 4.68 Å². The Bertz CT molecular complexity index is 562. The van der Waals surface area contributed by atoms with Crippen molar-refractivity contribution in [3.8, 4) is 0 Å². The van der Waals surface area contributed by atoms with Crippen LogP contribution in [0.4, 0.5) is 0 Å². The highest BCUT2D eigenvalue weighted by Gasteiger charge is 2.24. The fraction of sp³-hybridized carbons (Fsp3) is 0.500. The molecule has 1 N–H and O–H groups in total. The monoisotopic (exact) mass is 257 g/mol. The summed E-state index contributed by atoms with van der Waals surface area (Å²) in [5.41, 5.74) is 3.48. The molecule has 1 aliphatic rings. The zero-order chi connectivity index (χ0) is 13.2. The summed E-state index contributed by atoms with van der Waals surface area (Å²) in [6.45, 7) is 2.08. The Kier molecular flexibility index (Phi) is 3.29. The predicted molar refractivity (Wildman–Crippen MR) is 72.8 cm³/mol. The van der Waals surface area contributed by atoms with Crippen molar-refractivity contribution in [3.05, 3.63) is 41.5 Å². The average molecular weight is 257 g/mol. The van der Waals surface area contributed by atoms with Crippen molar-refractivity contribution in [2.75, 3.05) is 7.05 Å². The molecule has 0 saturated heterocycles. The Balaban J connectivity index is 1.93. The molecular formula is C14H19N5. The molecule has 0 aliphatic heterocycles. The Morgan fingerprint density at radius 2 is 2.37 bits per heavy atom. The Labute approximate surface area is 113 Å². The van der Waals surface area contributed by atoms with E-state index in [1.807, 2.05) is 30.2 Å². The minimum atomic E-state index is 0.223. The summed E-state index contributed by atoms with van der Waals surface area (Å²) in [5, 5.41) is 11.7. The predicted octanol–water partition coefficient (Wildman–Crippen LogP) is 1.88. The first-order valence-electron chi connectivity index (χ1n) is 6.82. The van der Waals surface area contributed by atoms with E-state index in [4.69, 9.17) is 0 Å². The number of nitrogens with one attached hydrogen (secondary N) is 1. The van der Waals surface area contributed by atoms with Crippen molar-refractivity contribution in [2.24, 2.45) is 0 Å². The van der Waals surface area contributed by atoms with Crippen molar-refractivity contribution in [1.82, 2.24) is 25.3 Å². The molecule has 0 radical (unpaired) electrons. The van der Waals surface area contributed by atoms with Crippen LogP contribution in [0.15, 0.2) is 24.5 Å². The molecule has 100 valence electrons. The molecule has 2 heterocycles. The molecule has 2 atom stereocenters. The van der Waals surface area contributed by atoms with Gasteiger partial charge in [-0.1, -0.05) is 11.3 Å². The molecule has 5 nitrogen and oxygen atoms in total. The van der Waals surface area contributed by atoms with Gasteiger partial charge in [-0.3, -0.25) is 4.98 Å². The number of aromatic nitrogens is 4. The molecule has 1 unspecified atom stereocenters. The van der Waals surface area contributed by atoms with Crippen LogP contribution in [0.5, 0.6) is 0 Å². The second kappa shape index (κ2) is 5.09. The van der Waals surface area contributed by atoms with Crippen LogP contribution in [-0.4, -0.2) is 27.0 Å². The van der Waals surface area contributed by atoms with Gasteiger partial charge in [0.1, 0.15) is 0 Å². The normalized spacial score (nSPS) is 20.0. The lowest BCUT2D eigenvalue weighted by Crippen LogP contribution is -2.19. The maximum Gasteiger partial charge on any atom is 0.0993 e. The summed E-state index contributed by atoms with van der Waals surface area (Å²) < 4.78 is 1.97. The zero-order valence-electron chi connectivity index (χ0n) is 11.4. The third-order valence-corrected chi connectivity index (χ3v) is 3.89. The van der Waals surface area contributed by atoms with Crippen molar-refractivity contribution in [2.45, 2.75) is 38.3 Å². The quantitative estimate of drug-likeness (QED) is 0.912. The second-order valence-electron chi connectivity index (χ2n) is 5.09. The van der Waals surface area contributed by atoms with Crippen LogP contribution in [-0.2, 0) is 6.42 Å². The van der Waals surface area contributed by atoms with E-state index in [1.165, 1.54) is 12.0 Å². The van der Waals surface area contributed by atoms with E-state index in [-0.39, 0.29) is 12.1 Å². The van der Waals surface area contributed by atoms with Gasteiger partial charge in [-0.05, 0) is 44.9 Å². The van der Waals surface area contributed by atoms with E-state index in [2.05, 4.69) is 33.6 Å². The van der Waals surface area contributed by atoms with E-state index in [9.17, 15) is 0 Å². The summed E-state index contributed by atoms with van der Waals surface area (Å²) >= 11 is 0. The first-order valence-corrected chi connectivity index (χ1v) is 6.82. The minimum Gasteiger partial charge on any atom is -0.312 e. The molecule has 0 fully saturated rings. The van der Waals surface area contributed by atoms with Crippen LogP contribution in [0.25, 0.3) is 0 Å². The molecule has 1 aliphatic carbocycles. The lowest BCUT2D eigenvalue weighted by Gasteiger charge is -2.23. The largest absolute Gasteiger partial charge is 0.312 e. The zero-order valence-corrected chi connectivity index (χ0v) is 11.4. The van der Waals surface area contributed by atoms with Crippen LogP contribution >= 0.6 is 0 Å². The van der Waals surface area contributed by atoms with Gasteiger partial charge in [-0.2, -0.15) is 0 Å². The van der Waals surface area contributed by atoms with E-state index < -0.39 is 0 Å².